The van der Waals surface area contributed by atoms with E-state index < -0.39 is 5.97 Å². The van der Waals surface area contributed by atoms with Crippen molar-refractivity contribution in [2.75, 3.05) is 0 Å². The number of carbonyl (C=O) groups is 1. The van der Waals surface area contributed by atoms with Gasteiger partial charge in [0.1, 0.15) is 5.01 Å². The average molecular weight is 304 g/mol. The van der Waals surface area contributed by atoms with E-state index in [1.807, 2.05) is 12.1 Å². The number of benzene rings is 1. The largest absolute Gasteiger partial charge is 0.478 e. The summed E-state index contributed by atoms with van der Waals surface area (Å²) in [6.45, 7) is 7.89. The second-order valence-electron chi connectivity index (χ2n) is 5.98. The third-order valence-electron chi connectivity index (χ3n) is 3.13. The molecule has 2 aromatic rings. The Morgan fingerprint density at radius 3 is 2.43 bits per heavy atom. The molecule has 0 aliphatic rings. The molecule has 0 radical (unpaired) electrons. The van der Waals surface area contributed by atoms with E-state index in [0.29, 0.717) is 12.1 Å². The molecular formula is C16H20N2O2S. The summed E-state index contributed by atoms with van der Waals surface area (Å²) in [4.78, 5) is 15.4. The van der Waals surface area contributed by atoms with Gasteiger partial charge in [0.2, 0.25) is 0 Å². The fraction of sp³-hybridized carbons (Fsp3) is 0.375. The standard InChI is InChI=1S/C16H20N2O2S/c1-16(2,3)13-10-21-14(18-13)9-17-8-11-4-6-12(7-5-11)15(19)20/h4-7,10,17H,8-9H2,1-3H3,(H,19,20). The van der Waals surface area contributed by atoms with E-state index in [4.69, 9.17) is 5.11 Å². The summed E-state index contributed by atoms with van der Waals surface area (Å²) in [7, 11) is 0. The number of carboxylic acids is 1. The molecule has 0 atom stereocenters. The van der Waals surface area contributed by atoms with E-state index >= 15 is 0 Å². The normalized spacial score (nSPS) is 11.6. The third-order valence-corrected chi connectivity index (χ3v) is 3.98. The molecule has 0 saturated carbocycles. The number of aromatic nitrogens is 1. The highest BCUT2D eigenvalue weighted by molar-refractivity contribution is 7.09. The van der Waals surface area contributed by atoms with E-state index in [0.717, 1.165) is 22.8 Å². The molecule has 1 heterocycles. The lowest BCUT2D eigenvalue weighted by atomic mass is 9.93. The van der Waals surface area contributed by atoms with Crippen molar-refractivity contribution in [1.82, 2.24) is 10.3 Å². The predicted octanol–water partition coefficient (Wildman–Crippen LogP) is 3.43. The minimum absolute atomic E-state index is 0.0847. The van der Waals surface area contributed by atoms with Crippen molar-refractivity contribution < 1.29 is 9.90 Å². The molecule has 4 nitrogen and oxygen atoms in total. The number of hydrogen-bond donors (Lipinski definition) is 2. The van der Waals surface area contributed by atoms with Gasteiger partial charge in [0.05, 0.1) is 11.3 Å². The van der Waals surface area contributed by atoms with Gasteiger partial charge in [-0.15, -0.1) is 11.3 Å². The van der Waals surface area contributed by atoms with Gasteiger partial charge in [-0.25, -0.2) is 9.78 Å². The lowest BCUT2D eigenvalue weighted by molar-refractivity contribution is 0.0697. The first-order valence-electron chi connectivity index (χ1n) is 6.84. The Bertz CT molecular complexity index is 612. The van der Waals surface area contributed by atoms with Crippen molar-refractivity contribution in [3.05, 3.63) is 51.5 Å². The van der Waals surface area contributed by atoms with Gasteiger partial charge in [-0.1, -0.05) is 32.9 Å². The minimum Gasteiger partial charge on any atom is -0.478 e. The smallest absolute Gasteiger partial charge is 0.335 e. The van der Waals surface area contributed by atoms with Crippen molar-refractivity contribution in [3.8, 4) is 0 Å². The molecule has 0 amide bonds. The van der Waals surface area contributed by atoms with E-state index in [9.17, 15) is 4.79 Å². The van der Waals surface area contributed by atoms with E-state index in [1.54, 1.807) is 23.5 Å². The van der Waals surface area contributed by atoms with Crippen LogP contribution in [-0.4, -0.2) is 16.1 Å². The topological polar surface area (TPSA) is 62.2 Å². The zero-order valence-electron chi connectivity index (χ0n) is 12.5. The summed E-state index contributed by atoms with van der Waals surface area (Å²) in [5.41, 5.74) is 2.58. The Labute approximate surface area is 128 Å². The molecule has 0 fully saturated rings. The summed E-state index contributed by atoms with van der Waals surface area (Å²) >= 11 is 1.67. The molecule has 2 rings (SSSR count). The monoisotopic (exact) mass is 304 g/mol. The zero-order valence-corrected chi connectivity index (χ0v) is 13.3. The zero-order chi connectivity index (χ0) is 15.5. The van der Waals surface area contributed by atoms with Crippen LogP contribution >= 0.6 is 11.3 Å². The van der Waals surface area contributed by atoms with Crippen molar-refractivity contribution in [1.29, 1.82) is 0 Å². The molecule has 5 heteroatoms. The number of nitrogens with one attached hydrogen (secondary N) is 1. The highest BCUT2D eigenvalue weighted by Crippen LogP contribution is 2.23. The van der Waals surface area contributed by atoms with Crippen LogP contribution in [0.1, 0.15) is 47.4 Å². The Kier molecular flexibility index (Phi) is 4.75. The van der Waals surface area contributed by atoms with Crippen LogP contribution in [0.15, 0.2) is 29.6 Å². The maximum Gasteiger partial charge on any atom is 0.335 e. The molecule has 1 aromatic carbocycles. The molecule has 2 N–H and O–H groups in total. The van der Waals surface area contributed by atoms with Gasteiger partial charge in [-0.2, -0.15) is 0 Å². The van der Waals surface area contributed by atoms with Crippen LogP contribution in [0.2, 0.25) is 0 Å². The van der Waals surface area contributed by atoms with Crippen LogP contribution < -0.4 is 5.32 Å². The summed E-state index contributed by atoms with van der Waals surface area (Å²) in [6, 6.07) is 6.92. The molecule has 112 valence electrons. The lowest BCUT2D eigenvalue weighted by Gasteiger charge is -2.14. The van der Waals surface area contributed by atoms with Crippen LogP contribution in [0.25, 0.3) is 0 Å². The first kappa shape index (κ1) is 15.7. The number of rotatable bonds is 5. The Morgan fingerprint density at radius 2 is 1.90 bits per heavy atom. The van der Waals surface area contributed by atoms with Crippen molar-refractivity contribution in [2.24, 2.45) is 0 Å². The van der Waals surface area contributed by atoms with Crippen LogP contribution in [0, 0.1) is 0 Å². The Morgan fingerprint density at radius 1 is 1.24 bits per heavy atom. The summed E-state index contributed by atoms with van der Waals surface area (Å²) in [5.74, 6) is -0.896. The van der Waals surface area contributed by atoms with E-state index in [2.05, 4.69) is 36.5 Å². The van der Waals surface area contributed by atoms with Crippen molar-refractivity contribution in [3.63, 3.8) is 0 Å². The highest BCUT2D eigenvalue weighted by atomic mass is 32.1. The second-order valence-corrected chi connectivity index (χ2v) is 6.92. The molecule has 0 saturated heterocycles. The van der Waals surface area contributed by atoms with Crippen LogP contribution in [0.4, 0.5) is 0 Å². The Hall–Kier alpha value is -1.72. The van der Waals surface area contributed by atoms with Gasteiger partial charge in [-0.05, 0) is 17.7 Å². The van der Waals surface area contributed by atoms with Gasteiger partial charge in [0.15, 0.2) is 0 Å². The molecule has 0 aliphatic carbocycles. The lowest BCUT2D eigenvalue weighted by Crippen LogP contribution is -2.14. The minimum atomic E-state index is -0.896. The first-order valence-corrected chi connectivity index (χ1v) is 7.72. The molecule has 0 bridgehead atoms. The summed E-state index contributed by atoms with van der Waals surface area (Å²) in [6.07, 6.45) is 0. The number of nitrogens with zero attached hydrogens (tertiary/aromatic N) is 1. The number of aromatic carboxylic acids is 1. The maximum atomic E-state index is 10.8. The van der Waals surface area contributed by atoms with Gasteiger partial charge >= 0.3 is 5.97 Å². The second kappa shape index (κ2) is 6.37. The molecule has 21 heavy (non-hydrogen) atoms. The molecule has 1 aromatic heterocycles. The van der Waals surface area contributed by atoms with Crippen LogP contribution in [-0.2, 0) is 18.5 Å². The predicted molar refractivity (Wildman–Crippen MR) is 84.8 cm³/mol. The molecule has 0 aliphatic heterocycles. The molecule has 0 unspecified atom stereocenters. The highest BCUT2D eigenvalue weighted by Gasteiger charge is 2.17. The molecule has 0 spiro atoms. The number of thiazole rings is 1. The first-order chi connectivity index (χ1) is 9.86. The average Bonchev–Trinajstić information content (AvgIpc) is 2.88. The number of carboxylic acid groups (broad SMARTS) is 1. The maximum absolute atomic E-state index is 10.8. The van der Waals surface area contributed by atoms with Gasteiger partial charge < -0.3 is 10.4 Å². The SMILES string of the molecule is CC(C)(C)c1csc(CNCc2ccc(C(=O)O)cc2)n1. The van der Waals surface area contributed by atoms with Gasteiger partial charge in [0.25, 0.3) is 0 Å². The van der Waals surface area contributed by atoms with Crippen molar-refractivity contribution in [2.45, 2.75) is 39.3 Å². The Balaban J connectivity index is 1.86. The van der Waals surface area contributed by atoms with E-state index in [-0.39, 0.29) is 5.41 Å². The fourth-order valence-electron chi connectivity index (χ4n) is 1.82. The quantitative estimate of drug-likeness (QED) is 0.888. The third kappa shape index (κ3) is 4.37. The van der Waals surface area contributed by atoms with Gasteiger partial charge in [0, 0.05) is 23.9 Å². The van der Waals surface area contributed by atoms with Crippen LogP contribution in [0.5, 0.6) is 0 Å². The van der Waals surface area contributed by atoms with E-state index in [1.165, 1.54) is 0 Å². The fourth-order valence-corrected chi connectivity index (χ4v) is 2.81. The van der Waals surface area contributed by atoms with Crippen molar-refractivity contribution >= 4 is 17.3 Å². The van der Waals surface area contributed by atoms with Gasteiger partial charge in [-0.3, -0.25) is 0 Å². The van der Waals surface area contributed by atoms with Crippen LogP contribution in [0.3, 0.4) is 0 Å². The summed E-state index contributed by atoms with van der Waals surface area (Å²) < 4.78 is 0. The molecular weight excluding hydrogens is 284 g/mol. The number of hydrogen-bond acceptors (Lipinski definition) is 4. The summed E-state index contributed by atoms with van der Waals surface area (Å²) in [5, 5.41) is 15.4.